The molecule has 0 aliphatic carbocycles. The summed E-state index contributed by atoms with van der Waals surface area (Å²) in [5.74, 6) is -0.723. The van der Waals surface area contributed by atoms with E-state index in [4.69, 9.17) is 10.8 Å². The van der Waals surface area contributed by atoms with Gasteiger partial charge in [-0.3, -0.25) is 4.79 Å². The third kappa shape index (κ3) is 3.88. The monoisotopic (exact) mass is 326 g/mol. The third-order valence-electron chi connectivity index (χ3n) is 2.10. The SMILES string of the molecule is Nc1ccc(C(=O)NCC(O)C(F)(F)F)cc1Br. The zero-order valence-corrected chi connectivity index (χ0v) is 10.5. The van der Waals surface area contributed by atoms with Gasteiger partial charge in [0.1, 0.15) is 0 Å². The number of aliphatic hydroxyl groups excluding tert-OH is 1. The van der Waals surface area contributed by atoms with Gasteiger partial charge in [-0.15, -0.1) is 0 Å². The molecule has 1 rings (SSSR count). The quantitative estimate of drug-likeness (QED) is 0.740. The predicted molar refractivity (Wildman–Crippen MR) is 62.9 cm³/mol. The molecule has 1 aromatic rings. The van der Waals surface area contributed by atoms with Crippen molar-refractivity contribution >= 4 is 27.5 Å². The van der Waals surface area contributed by atoms with E-state index in [9.17, 15) is 18.0 Å². The third-order valence-corrected chi connectivity index (χ3v) is 2.78. The van der Waals surface area contributed by atoms with E-state index in [-0.39, 0.29) is 5.56 Å². The maximum absolute atomic E-state index is 12.0. The minimum Gasteiger partial charge on any atom is -0.398 e. The maximum Gasteiger partial charge on any atom is 0.416 e. The van der Waals surface area contributed by atoms with Gasteiger partial charge in [-0.05, 0) is 34.1 Å². The summed E-state index contributed by atoms with van der Waals surface area (Å²) >= 11 is 3.09. The summed E-state index contributed by atoms with van der Waals surface area (Å²) in [5.41, 5.74) is 6.05. The summed E-state index contributed by atoms with van der Waals surface area (Å²) < 4.78 is 36.4. The van der Waals surface area contributed by atoms with Gasteiger partial charge in [-0.1, -0.05) is 0 Å². The lowest BCUT2D eigenvalue weighted by molar-refractivity contribution is -0.201. The van der Waals surface area contributed by atoms with Crippen molar-refractivity contribution in [3.8, 4) is 0 Å². The zero-order valence-electron chi connectivity index (χ0n) is 8.96. The summed E-state index contributed by atoms with van der Waals surface area (Å²) in [6.07, 6.45) is -7.34. The molecule has 0 aromatic heterocycles. The summed E-state index contributed by atoms with van der Waals surface area (Å²) in [6.45, 7) is -0.898. The van der Waals surface area contributed by atoms with Gasteiger partial charge in [0.25, 0.3) is 5.91 Å². The van der Waals surface area contributed by atoms with Crippen LogP contribution in [0, 0.1) is 0 Å². The fourth-order valence-corrected chi connectivity index (χ4v) is 1.45. The van der Waals surface area contributed by atoms with Crippen molar-refractivity contribution in [3.05, 3.63) is 28.2 Å². The topological polar surface area (TPSA) is 75.4 Å². The molecule has 0 aliphatic heterocycles. The molecule has 100 valence electrons. The lowest BCUT2D eigenvalue weighted by Crippen LogP contribution is -2.40. The molecule has 4 N–H and O–H groups in total. The van der Waals surface area contributed by atoms with E-state index >= 15 is 0 Å². The highest BCUT2D eigenvalue weighted by atomic mass is 79.9. The van der Waals surface area contributed by atoms with E-state index in [1.54, 1.807) is 0 Å². The number of rotatable bonds is 3. The first-order valence-electron chi connectivity index (χ1n) is 4.80. The molecule has 0 heterocycles. The van der Waals surface area contributed by atoms with E-state index < -0.39 is 24.7 Å². The highest BCUT2D eigenvalue weighted by molar-refractivity contribution is 9.10. The smallest absolute Gasteiger partial charge is 0.398 e. The first-order valence-corrected chi connectivity index (χ1v) is 5.59. The van der Waals surface area contributed by atoms with Crippen LogP contribution in [0.3, 0.4) is 0 Å². The Morgan fingerprint density at radius 3 is 2.61 bits per heavy atom. The Hall–Kier alpha value is -1.28. The summed E-state index contributed by atoms with van der Waals surface area (Å²) in [6, 6.07) is 4.19. The van der Waals surface area contributed by atoms with E-state index in [0.29, 0.717) is 10.2 Å². The molecular formula is C10H10BrF3N2O2. The second-order valence-electron chi connectivity index (χ2n) is 3.50. The van der Waals surface area contributed by atoms with Crippen molar-refractivity contribution in [1.82, 2.24) is 5.32 Å². The molecule has 18 heavy (non-hydrogen) atoms. The number of carbonyl (C=O) groups is 1. The number of hydrogen-bond acceptors (Lipinski definition) is 3. The number of nitrogens with two attached hydrogens (primary N) is 1. The zero-order chi connectivity index (χ0) is 13.9. The Labute approximate surface area is 109 Å². The van der Waals surface area contributed by atoms with Crippen LogP contribution in [0.1, 0.15) is 10.4 Å². The molecule has 0 fully saturated rings. The number of hydrogen-bond donors (Lipinski definition) is 3. The molecule has 0 aliphatic rings. The minimum atomic E-state index is -4.75. The average Bonchev–Trinajstić information content (AvgIpc) is 2.27. The fourth-order valence-electron chi connectivity index (χ4n) is 1.08. The molecule has 8 heteroatoms. The van der Waals surface area contributed by atoms with Gasteiger partial charge in [-0.25, -0.2) is 0 Å². The molecule has 4 nitrogen and oxygen atoms in total. The van der Waals surface area contributed by atoms with Crippen LogP contribution in [-0.2, 0) is 0 Å². The van der Waals surface area contributed by atoms with E-state index in [2.05, 4.69) is 15.9 Å². The molecule has 1 unspecified atom stereocenters. The van der Waals surface area contributed by atoms with Gasteiger partial charge < -0.3 is 16.2 Å². The normalized spacial score (nSPS) is 13.2. The number of alkyl halides is 3. The molecule has 0 saturated heterocycles. The van der Waals surface area contributed by atoms with Crippen molar-refractivity contribution in [2.24, 2.45) is 0 Å². The van der Waals surface area contributed by atoms with Crippen LogP contribution >= 0.6 is 15.9 Å². The number of aliphatic hydroxyl groups is 1. The van der Waals surface area contributed by atoms with Gasteiger partial charge >= 0.3 is 6.18 Å². The second-order valence-corrected chi connectivity index (χ2v) is 4.36. The highest BCUT2D eigenvalue weighted by Crippen LogP contribution is 2.21. The average molecular weight is 327 g/mol. The van der Waals surface area contributed by atoms with Crippen LogP contribution in [0.2, 0.25) is 0 Å². The van der Waals surface area contributed by atoms with Crippen LogP contribution in [0.5, 0.6) is 0 Å². The van der Waals surface area contributed by atoms with Crippen molar-refractivity contribution in [2.75, 3.05) is 12.3 Å². The molecule has 1 amide bonds. The Morgan fingerprint density at radius 1 is 1.50 bits per heavy atom. The van der Waals surface area contributed by atoms with Gasteiger partial charge in [0.2, 0.25) is 0 Å². The first-order chi connectivity index (χ1) is 8.21. The molecule has 0 bridgehead atoms. The number of nitrogen functional groups attached to an aromatic ring is 1. The van der Waals surface area contributed by atoms with Crippen LogP contribution < -0.4 is 11.1 Å². The molecule has 1 atom stereocenters. The van der Waals surface area contributed by atoms with Crippen molar-refractivity contribution in [3.63, 3.8) is 0 Å². The maximum atomic E-state index is 12.0. The molecular weight excluding hydrogens is 317 g/mol. The van der Waals surface area contributed by atoms with Crippen molar-refractivity contribution < 1.29 is 23.1 Å². The second kappa shape index (κ2) is 5.57. The highest BCUT2D eigenvalue weighted by Gasteiger charge is 2.38. The van der Waals surface area contributed by atoms with Crippen LogP contribution in [-0.4, -0.2) is 29.8 Å². The number of benzene rings is 1. The lowest BCUT2D eigenvalue weighted by Gasteiger charge is -2.15. The van der Waals surface area contributed by atoms with E-state index in [1.165, 1.54) is 18.2 Å². The minimum absolute atomic E-state index is 0.144. The Kier molecular flexibility index (Phi) is 4.58. The number of carbonyl (C=O) groups excluding carboxylic acids is 1. The predicted octanol–water partition coefficient (Wildman–Crippen LogP) is 1.68. The lowest BCUT2D eigenvalue weighted by atomic mass is 10.2. The fraction of sp³-hybridized carbons (Fsp3) is 0.300. The van der Waals surface area contributed by atoms with Crippen LogP contribution in [0.15, 0.2) is 22.7 Å². The van der Waals surface area contributed by atoms with Gasteiger partial charge in [0.15, 0.2) is 6.10 Å². The largest absolute Gasteiger partial charge is 0.416 e. The summed E-state index contributed by atoms with van der Waals surface area (Å²) in [7, 11) is 0. The van der Waals surface area contributed by atoms with Crippen LogP contribution in [0.25, 0.3) is 0 Å². The number of amides is 1. The number of anilines is 1. The Bertz CT molecular complexity index is 451. The van der Waals surface area contributed by atoms with Gasteiger partial charge in [-0.2, -0.15) is 13.2 Å². The Balaban J connectivity index is 2.63. The van der Waals surface area contributed by atoms with Crippen molar-refractivity contribution in [2.45, 2.75) is 12.3 Å². The number of nitrogens with one attached hydrogen (secondary N) is 1. The molecule has 1 aromatic carbocycles. The standard InChI is InChI=1S/C10H10BrF3N2O2/c11-6-3-5(1-2-7(6)15)9(18)16-4-8(17)10(12,13)14/h1-3,8,17H,4,15H2,(H,16,18). The Morgan fingerprint density at radius 2 is 2.11 bits per heavy atom. The summed E-state index contributed by atoms with van der Waals surface area (Å²) in [5, 5.41) is 10.7. The molecule has 0 spiro atoms. The number of halogens is 4. The van der Waals surface area contributed by atoms with Crippen LogP contribution in [0.4, 0.5) is 18.9 Å². The molecule has 0 saturated carbocycles. The van der Waals surface area contributed by atoms with Gasteiger partial charge in [0.05, 0.1) is 6.54 Å². The van der Waals surface area contributed by atoms with Crippen molar-refractivity contribution in [1.29, 1.82) is 0 Å². The van der Waals surface area contributed by atoms with E-state index in [1.807, 2.05) is 5.32 Å². The van der Waals surface area contributed by atoms with Gasteiger partial charge in [0, 0.05) is 15.7 Å². The van der Waals surface area contributed by atoms with E-state index in [0.717, 1.165) is 0 Å². The summed E-state index contributed by atoms with van der Waals surface area (Å²) in [4.78, 5) is 11.5. The first kappa shape index (κ1) is 14.8. The molecule has 0 radical (unpaired) electrons.